The van der Waals surface area contributed by atoms with E-state index in [0.29, 0.717) is 23.7 Å². The molecule has 182 valence electrons. The van der Waals surface area contributed by atoms with Crippen LogP contribution in [0.5, 0.6) is 0 Å². The third-order valence-corrected chi connectivity index (χ3v) is 6.75. The molecule has 0 aromatic heterocycles. The third kappa shape index (κ3) is 7.09. The lowest BCUT2D eigenvalue weighted by atomic mass is 9.89. The molecule has 1 saturated heterocycles. The number of hydrogen-bond acceptors (Lipinski definition) is 3. The van der Waals surface area contributed by atoms with E-state index in [1.807, 2.05) is 30.3 Å². The molecule has 1 aliphatic heterocycles. The fourth-order valence-corrected chi connectivity index (χ4v) is 4.72. The highest BCUT2D eigenvalue weighted by molar-refractivity contribution is 6.29. The summed E-state index contributed by atoms with van der Waals surface area (Å²) in [5, 5.41) is 5.82. The zero-order valence-corrected chi connectivity index (χ0v) is 20.6. The van der Waals surface area contributed by atoms with Crippen LogP contribution in [-0.2, 0) is 17.6 Å². The van der Waals surface area contributed by atoms with Gasteiger partial charge in [0.15, 0.2) is 0 Å². The number of carbonyl (C=O) groups is 2. The van der Waals surface area contributed by atoms with Gasteiger partial charge in [-0.05, 0) is 60.9 Å². The number of anilines is 2. The molecule has 0 radical (unpaired) electrons. The van der Waals surface area contributed by atoms with E-state index in [1.54, 1.807) is 6.07 Å². The number of benzene rings is 3. The molecular formula is C29H32ClN3O2. The van der Waals surface area contributed by atoms with Crippen LogP contribution in [0.25, 0.3) is 0 Å². The maximum Gasteiger partial charge on any atom is 0.253 e. The van der Waals surface area contributed by atoms with Crippen molar-refractivity contribution in [3.05, 3.63) is 95.6 Å². The molecular weight excluding hydrogens is 458 g/mol. The Kier molecular flexibility index (Phi) is 8.79. The molecule has 4 rings (SSSR count). The Bertz CT molecular complexity index is 1110. The largest absolute Gasteiger partial charge is 0.371 e. The first-order valence-electron chi connectivity index (χ1n) is 12.2. The summed E-state index contributed by atoms with van der Waals surface area (Å²) in [4.78, 5) is 27.3. The average Bonchev–Trinajstić information content (AvgIpc) is 2.90. The monoisotopic (exact) mass is 489 g/mol. The van der Waals surface area contributed by atoms with Crippen LogP contribution >= 0.6 is 11.6 Å². The van der Waals surface area contributed by atoms with Crippen molar-refractivity contribution in [1.82, 2.24) is 5.32 Å². The Labute approximate surface area is 212 Å². The molecule has 0 atom stereocenters. The van der Waals surface area contributed by atoms with Gasteiger partial charge in [0.25, 0.3) is 5.91 Å². The summed E-state index contributed by atoms with van der Waals surface area (Å²) in [6.45, 7) is 2.34. The van der Waals surface area contributed by atoms with Crippen molar-refractivity contribution < 1.29 is 9.59 Å². The van der Waals surface area contributed by atoms with Gasteiger partial charge in [-0.2, -0.15) is 0 Å². The van der Waals surface area contributed by atoms with Gasteiger partial charge in [0, 0.05) is 31.0 Å². The van der Waals surface area contributed by atoms with Gasteiger partial charge in [-0.3, -0.25) is 9.59 Å². The number of hydrogen-bond donors (Lipinski definition) is 2. The number of alkyl halides is 1. The van der Waals surface area contributed by atoms with Crippen molar-refractivity contribution in [1.29, 1.82) is 0 Å². The number of halogens is 1. The Morgan fingerprint density at radius 2 is 1.54 bits per heavy atom. The van der Waals surface area contributed by atoms with Gasteiger partial charge in [0.1, 0.15) is 5.88 Å². The Balaban J connectivity index is 1.44. The van der Waals surface area contributed by atoms with Crippen LogP contribution in [0, 0.1) is 5.92 Å². The first-order valence-corrected chi connectivity index (χ1v) is 12.8. The summed E-state index contributed by atoms with van der Waals surface area (Å²) < 4.78 is 0. The van der Waals surface area contributed by atoms with Gasteiger partial charge in [-0.25, -0.2) is 0 Å². The van der Waals surface area contributed by atoms with Crippen LogP contribution in [0.15, 0.2) is 78.9 Å². The Hall–Kier alpha value is -3.31. The molecule has 0 unspecified atom stereocenters. The molecule has 1 aliphatic rings. The molecule has 0 saturated carbocycles. The number of rotatable bonds is 9. The quantitative estimate of drug-likeness (QED) is 0.401. The lowest BCUT2D eigenvalue weighted by molar-refractivity contribution is -0.113. The highest BCUT2D eigenvalue weighted by Crippen LogP contribution is 2.30. The average molecular weight is 490 g/mol. The van der Waals surface area contributed by atoms with Crippen LogP contribution in [0.1, 0.15) is 34.3 Å². The van der Waals surface area contributed by atoms with E-state index >= 15 is 0 Å². The predicted octanol–water partition coefficient (Wildman–Crippen LogP) is 5.30. The smallest absolute Gasteiger partial charge is 0.253 e. The minimum Gasteiger partial charge on any atom is -0.371 e. The normalized spacial score (nSPS) is 13.9. The molecule has 3 aromatic rings. The van der Waals surface area contributed by atoms with E-state index in [0.717, 1.165) is 44.5 Å². The molecule has 5 nitrogen and oxygen atoms in total. The fraction of sp³-hybridized carbons (Fsp3) is 0.310. The first-order chi connectivity index (χ1) is 17.1. The van der Waals surface area contributed by atoms with Crippen LogP contribution in [-0.4, -0.2) is 37.3 Å². The van der Waals surface area contributed by atoms with Crippen LogP contribution in [0.2, 0.25) is 0 Å². The summed E-state index contributed by atoms with van der Waals surface area (Å²) in [5.74, 6) is 0.0786. The lowest BCUT2D eigenvalue weighted by Crippen LogP contribution is -2.36. The molecule has 0 aliphatic carbocycles. The zero-order valence-electron chi connectivity index (χ0n) is 19.9. The summed E-state index contributed by atoms with van der Waals surface area (Å²) in [6.07, 6.45) is 4.00. The minimum atomic E-state index is -0.295. The number of carbonyl (C=O) groups excluding carboxylic acids is 2. The fourth-order valence-electron chi connectivity index (χ4n) is 4.65. The third-order valence-electron chi connectivity index (χ3n) is 6.51. The maximum absolute atomic E-state index is 13.2. The van der Waals surface area contributed by atoms with E-state index in [9.17, 15) is 9.59 Å². The topological polar surface area (TPSA) is 61.4 Å². The summed E-state index contributed by atoms with van der Waals surface area (Å²) in [5.41, 5.74) is 4.61. The van der Waals surface area contributed by atoms with Crippen molar-refractivity contribution in [3.8, 4) is 0 Å². The van der Waals surface area contributed by atoms with E-state index in [1.165, 1.54) is 11.1 Å². The van der Waals surface area contributed by atoms with Crippen LogP contribution in [0.3, 0.4) is 0 Å². The maximum atomic E-state index is 13.2. The molecule has 35 heavy (non-hydrogen) atoms. The van der Waals surface area contributed by atoms with Gasteiger partial charge in [-0.15, -0.1) is 11.6 Å². The van der Waals surface area contributed by atoms with Crippen molar-refractivity contribution >= 4 is 34.8 Å². The number of nitrogens with one attached hydrogen (secondary N) is 2. The van der Waals surface area contributed by atoms with Gasteiger partial charge in [0.2, 0.25) is 5.91 Å². The van der Waals surface area contributed by atoms with Crippen molar-refractivity contribution in [2.24, 2.45) is 5.92 Å². The van der Waals surface area contributed by atoms with E-state index in [-0.39, 0.29) is 17.7 Å². The SMILES string of the molecule is O=C(CCl)Nc1ccc(N2CCC(Cc3ccccc3)CC2)c(C(=O)NCCc2ccccc2)c1. The number of piperidine rings is 1. The molecule has 1 heterocycles. The molecule has 0 spiro atoms. The predicted molar refractivity (Wildman–Crippen MR) is 143 cm³/mol. The highest BCUT2D eigenvalue weighted by atomic mass is 35.5. The second-order valence-electron chi connectivity index (χ2n) is 9.03. The molecule has 2 N–H and O–H groups in total. The highest BCUT2D eigenvalue weighted by Gasteiger charge is 2.23. The van der Waals surface area contributed by atoms with Gasteiger partial charge in [-0.1, -0.05) is 60.7 Å². The van der Waals surface area contributed by atoms with Crippen LogP contribution in [0.4, 0.5) is 11.4 Å². The van der Waals surface area contributed by atoms with Gasteiger partial charge < -0.3 is 15.5 Å². The lowest BCUT2D eigenvalue weighted by Gasteiger charge is -2.35. The Morgan fingerprint density at radius 3 is 2.20 bits per heavy atom. The van der Waals surface area contributed by atoms with Gasteiger partial charge >= 0.3 is 0 Å². The molecule has 3 aromatic carbocycles. The minimum absolute atomic E-state index is 0.130. The Morgan fingerprint density at radius 1 is 0.886 bits per heavy atom. The summed E-state index contributed by atoms with van der Waals surface area (Å²) in [6, 6.07) is 26.3. The zero-order chi connectivity index (χ0) is 24.5. The van der Waals surface area contributed by atoms with Crippen molar-refractivity contribution in [2.75, 3.05) is 35.7 Å². The molecule has 6 heteroatoms. The van der Waals surface area contributed by atoms with E-state index < -0.39 is 0 Å². The van der Waals surface area contributed by atoms with Crippen LogP contribution < -0.4 is 15.5 Å². The first kappa shape index (κ1) is 24.8. The van der Waals surface area contributed by atoms with Crippen molar-refractivity contribution in [2.45, 2.75) is 25.7 Å². The molecule has 1 fully saturated rings. The standard InChI is InChI=1S/C29H32ClN3O2/c30-21-28(34)32-25-11-12-27(26(20-25)29(35)31-16-13-22-7-3-1-4-8-22)33-17-14-24(15-18-33)19-23-9-5-2-6-10-23/h1-12,20,24H,13-19,21H2,(H,31,35)(H,32,34). The van der Waals surface area contributed by atoms with E-state index in [2.05, 4.69) is 58.0 Å². The van der Waals surface area contributed by atoms with Crippen molar-refractivity contribution in [3.63, 3.8) is 0 Å². The number of nitrogens with zero attached hydrogens (tertiary/aromatic N) is 1. The summed E-state index contributed by atoms with van der Waals surface area (Å²) in [7, 11) is 0. The molecule has 2 amide bonds. The summed E-state index contributed by atoms with van der Waals surface area (Å²) >= 11 is 5.66. The second-order valence-corrected chi connectivity index (χ2v) is 9.29. The van der Waals surface area contributed by atoms with Gasteiger partial charge in [0.05, 0.1) is 5.56 Å². The second kappa shape index (κ2) is 12.4. The van der Waals surface area contributed by atoms with E-state index in [4.69, 9.17) is 11.6 Å². The number of amides is 2. The molecule has 0 bridgehead atoms.